The van der Waals surface area contributed by atoms with Crippen LogP contribution in [0.3, 0.4) is 0 Å². The molecule has 134 valence electrons. The molecule has 5 nitrogen and oxygen atoms in total. The van der Waals surface area contributed by atoms with Gasteiger partial charge in [-0.25, -0.2) is 4.79 Å². The number of hydrogen-bond donors (Lipinski definition) is 1. The normalized spacial score (nSPS) is 10.8. The van der Waals surface area contributed by atoms with Gasteiger partial charge in [-0.3, -0.25) is 4.79 Å². The number of nitrogens with one attached hydrogen (secondary N) is 1. The van der Waals surface area contributed by atoms with Gasteiger partial charge in [-0.05, 0) is 55.5 Å². The summed E-state index contributed by atoms with van der Waals surface area (Å²) in [5.41, 5.74) is 1.53. The van der Waals surface area contributed by atoms with E-state index in [0.29, 0.717) is 35.1 Å². The van der Waals surface area contributed by atoms with Gasteiger partial charge in [0, 0.05) is 6.42 Å². The third-order valence-electron chi connectivity index (χ3n) is 4.00. The third-order valence-corrected chi connectivity index (χ3v) is 4.00. The van der Waals surface area contributed by atoms with E-state index in [-0.39, 0.29) is 5.56 Å². The van der Waals surface area contributed by atoms with E-state index in [0.717, 1.165) is 12.0 Å². The van der Waals surface area contributed by atoms with Crippen LogP contribution in [0.5, 0.6) is 5.75 Å². The number of ether oxygens (including phenoxy) is 1. The second-order valence-electron chi connectivity index (χ2n) is 6.65. The third kappa shape index (κ3) is 4.72. The summed E-state index contributed by atoms with van der Waals surface area (Å²) < 4.78 is 10.6. The number of aryl methyl sites for hydroxylation is 3. The Labute approximate surface area is 148 Å². The van der Waals surface area contributed by atoms with E-state index in [1.807, 2.05) is 13.0 Å². The van der Waals surface area contributed by atoms with Gasteiger partial charge < -0.3 is 14.5 Å². The van der Waals surface area contributed by atoms with Crippen LogP contribution in [0, 0.1) is 19.8 Å². The molecule has 5 heteroatoms. The molecule has 0 aliphatic heterocycles. The minimum absolute atomic E-state index is 0.0249. The first kappa shape index (κ1) is 18.8. The molecule has 1 aromatic heterocycles. The molecule has 0 spiro atoms. The van der Waals surface area contributed by atoms with Crippen molar-refractivity contribution in [3.05, 3.63) is 57.1 Å². The quantitative estimate of drug-likeness (QED) is 0.857. The number of methoxy groups -OCH3 is 1. The zero-order valence-corrected chi connectivity index (χ0v) is 15.4. The van der Waals surface area contributed by atoms with E-state index >= 15 is 0 Å². The zero-order valence-electron chi connectivity index (χ0n) is 15.4. The molecular formula is C20H25NO4. The molecule has 0 aliphatic rings. The van der Waals surface area contributed by atoms with E-state index < -0.39 is 11.5 Å². The van der Waals surface area contributed by atoms with E-state index in [2.05, 4.69) is 19.2 Å². The van der Waals surface area contributed by atoms with Crippen molar-refractivity contribution >= 4 is 11.6 Å². The lowest BCUT2D eigenvalue weighted by atomic mass is 10.0. The highest BCUT2D eigenvalue weighted by Crippen LogP contribution is 2.25. The number of hydrogen-bond acceptors (Lipinski definition) is 4. The van der Waals surface area contributed by atoms with Crippen molar-refractivity contribution in [3.8, 4) is 5.75 Å². The van der Waals surface area contributed by atoms with E-state index in [9.17, 15) is 9.59 Å². The van der Waals surface area contributed by atoms with E-state index in [1.54, 1.807) is 25.1 Å². The zero-order chi connectivity index (χ0) is 18.6. The average molecular weight is 343 g/mol. The summed E-state index contributed by atoms with van der Waals surface area (Å²) in [7, 11) is 1.53. The average Bonchev–Trinajstić information content (AvgIpc) is 2.52. The number of anilines is 1. The molecule has 2 aromatic rings. The van der Waals surface area contributed by atoms with Crippen molar-refractivity contribution in [2.45, 2.75) is 40.5 Å². The van der Waals surface area contributed by atoms with Gasteiger partial charge >= 0.3 is 5.63 Å². The summed E-state index contributed by atoms with van der Waals surface area (Å²) in [4.78, 5) is 24.9. The highest BCUT2D eigenvalue weighted by atomic mass is 16.5. The molecule has 1 N–H and O–H groups in total. The Morgan fingerprint density at radius 2 is 1.96 bits per heavy atom. The van der Waals surface area contributed by atoms with Crippen LogP contribution in [0.4, 0.5) is 5.69 Å². The smallest absolute Gasteiger partial charge is 0.349 e. The summed E-state index contributed by atoms with van der Waals surface area (Å²) in [5, 5.41) is 2.75. The molecule has 25 heavy (non-hydrogen) atoms. The first-order chi connectivity index (χ1) is 11.8. The summed E-state index contributed by atoms with van der Waals surface area (Å²) in [5.74, 6) is 1.17. The van der Waals surface area contributed by atoms with Gasteiger partial charge in [0.2, 0.25) is 0 Å². The van der Waals surface area contributed by atoms with Crippen LogP contribution in [0.15, 0.2) is 33.5 Å². The number of amides is 1. The fourth-order valence-corrected chi connectivity index (χ4v) is 2.60. The van der Waals surface area contributed by atoms with E-state index in [4.69, 9.17) is 9.15 Å². The largest absolute Gasteiger partial charge is 0.495 e. The molecule has 0 fully saturated rings. The minimum Gasteiger partial charge on any atom is -0.495 e. The van der Waals surface area contributed by atoms with Crippen molar-refractivity contribution in [1.82, 2.24) is 0 Å². The van der Waals surface area contributed by atoms with Crippen molar-refractivity contribution in [1.29, 1.82) is 0 Å². The molecule has 0 radical (unpaired) electrons. The van der Waals surface area contributed by atoms with E-state index in [1.165, 1.54) is 7.11 Å². The van der Waals surface area contributed by atoms with Crippen LogP contribution in [0.1, 0.15) is 47.5 Å². The van der Waals surface area contributed by atoms with Crippen molar-refractivity contribution in [2.24, 2.45) is 5.92 Å². The monoisotopic (exact) mass is 343 g/mol. The van der Waals surface area contributed by atoms with Crippen LogP contribution in [-0.4, -0.2) is 13.0 Å². The molecule has 0 atom stereocenters. The lowest BCUT2D eigenvalue weighted by Crippen LogP contribution is -2.23. The molecule has 0 unspecified atom stereocenters. The molecular weight excluding hydrogens is 318 g/mol. The fraction of sp³-hybridized carbons (Fsp3) is 0.400. The first-order valence-electron chi connectivity index (χ1n) is 8.41. The van der Waals surface area contributed by atoms with Gasteiger partial charge in [-0.2, -0.15) is 0 Å². The van der Waals surface area contributed by atoms with Crippen LogP contribution in [0.25, 0.3) is 0 Å². The second-order valence-corrected chi connectivity index (χ2v) is 6.65. The van der Waals surface area contributed by atoms with Crippen LogP contribution in [0.2, 0.25) is 0 Å². The Bertz CT molecular complexity index is 821. The molecule has 0 saturated carbocycles. The molecule has 0 saturated heterocycles. The Hall–Kier alpha value is -2.56. The van der Waals surface area contributed by atoms with Crippen molar-refractivity contribution < 1.29 is 13.9 Å². The SMILES string of the molecule is COc1ccc(C)cc1NC(=O)c1c(C)cc(CCC(C)C)oc1=O. The van der Waals surface area contributed by atoms with Gasteiger partial charge in [0.1, 0.15) is 17.1 Å². The molecule has 2 rings (SSSR count). The van der Waals surface area contributed by atoms with Gasteiger partial charge in [-0.15, -0.1) is 0 Å². The first-order valence-corrected chi connectivity index (χ1v) is 8.41. The van der Waals surface area contributed by atoms with Gasteiger partial charge in [-0.1, -0.05) is 19.9 Å². The maximum Gasteiger partial charge on any atom is 0.349 e. The lowest BCUT2D eigenvalue weighted by Gasteiger charge is -2.12. The van der Waals surface area contributed by atoms with Gasteiger partial charge in [0.05, 0.1) is 12.8 Å². The highest BCUT2D eigenvalue weighted by molar-refractivity contribution is 6.05. The topological polar surface area (TPSA) is 68.5 Å². The fourth-order valence-electron chi connectivity index (χ4n) is 2.60. The predicted octanol–water partition coefficient (Wildman–Crippen LogP) is 4.11. The molecule has 0 aliphatic carbocycles. The Kier molecular flexibility index (Phi) is 6.02. The Morgan fingerprint density at radius 1 is 1.24 bits per heavy atom. The second kappa shape index (κ2) is 8.01. The number of carbonyl (C=O) groups excluding carboxylic acids is 1. The minimum atomic E-state index is -0.608. The number of benzene rings is 1. The molecule has 0 bridgehead atoms. The van der Waals surface area contributed by atoms with Gasteiger partial charge in [0.25, 0.3) is 5.91 Å². The molecule has 1 amide bonds. The van der Waals surface area contributed by atoms with Crippen LogP contribution in [-0.2, 0) is 6.42 Å². The summed E-state index contributed by atoms with van der Waals surface area (Å²) in [6, 6.07) is 7.23. The lowest BCUT2D eigenvalue weighted by molar-refractivity contribution is 0.102. The molecule has 1 heterocycles. The van der Waals surface area contributed by atoms with Crippen LogP contribution >= 0.6 is 0 Å². The van der Waals surface area contributed by atoms with Crippen molar-refractivity contribution in [2.75, 3.05) is 12.4 Å². The summed E-state index contributed by atoms with van der Waals surface area (Å²) >= 11 is 0. The summed E-state index contributed by atoms with van der Waals surface area (Å²) in [6.07, 6.45) is 1.61. The van der Waals surface area contributed by atoms with Gasteiger partial charge in [0.15, 0.2) is 0 Å². The van der Waals surface area contributed by atoms with Crippen LogP contribution < -0.4 is 15.7 Å². The predicted molar refractivity (Wildman–Crippen MR) is 98.6 cm³/mol. The Morgan fingerprint density at radius 3 is 2.56 bits per heavy atom. The molecule has 1 aromatic carbocycles. The summed E-state index contributed by atoms with van der Waals surface area (Å²) in [6.45, 7) is 7.89. The highest BCUT2D eigenvalue weighted by Gasteiger charge is 2.18. The standard InChI is InChI=1S/C20H25NO4/c1-12(2)6-8-15-11-14(4)18(20(23)25-15)19(22)21-16-10-13(3)7-9-17(16)24-5/h7,9-12H,6,8H2,1-5H3,(H,21,22). The Balaban J connectivity index is 2.28. The maximum absolute atomic E-state index is 12.6. The number of carbonyl (C=O) groups is 1. The van der Waals surface area contributed by atoms with Crippen molar-refractivity contribution in [3.63, 3.8) is 0 Å². The maximum atomic E-state index is 12.6. The number of rotatable bonds is 6.